The molecule has 168 valence electrons. The number of carbonyl (C=O) groups is 1. The number of nitrogens with zero attached hydrogens (tertiary/aromatic N) is 7. The van der Waals surface area contributed by atoms with Gasteiger partial charge in [-0.3, -0.25) is 9.69 Å². The van der Waals surface area contributed by atoms with Gasteiger partial charge < -0.3 is 14.8 Å². The van der Waals surface area contributed by atoms with Gasteiger partial charge in [0.15, 0.2) is 5.82 Å². The molecule has 9 nitrogen and oxygen atoms in total. The van der Waals surface area contributed by atoms with Crippen molar-refractivity contribution >= 4 is 17.5 Å². The second kappa shape index (κ2) is 8.66. The molecular formula is C23H30N8O. The van der Waals surface area contributed by atoms with Crippen LogP contribution >= 0.6 is 0 Å². The Balaban J connectivity index is 1.71. The Morgan fingerprint density at radius 1 is 1.19 bits per heavy atom. The molecule has 1 aliphatic heterocycles. The Labute approximate surface area is 188 Å². The molecule has 1 atom stereocenters. The number of nitrogens with one attached hydrogen (secondary N) is 1. The number of rotatable bonds is 7. The Hall–Kier alpha value is -3.33. The van der Waals surface area contributed by atoms with Gasteiger partial charge in [0.2, 0.25) is 0 Å². The van der Waals surface area contributed by atoms with E-state index in [-0.39, 0.29) is 11.9 Å². The highest BCUT2D eigenvalue weighted by atomic mass is 16.2. The second-order valence-corrected chi connectivity index (χ2v) is 8.70. The number of hydrogen-bond acceptors (Lipinski definition) is 7. The Kier molecular flexibility index (Phi) is 5.92. The molecule has 1 N–H and O–H groups in total. The predicted octanol–water partition coefficient (Wildman–Crippen LogP) is 2.90. The summed E-state index contributed by atoms with van der Waals surface area (Å²) in [7, 11) is 5.73. The van der Waals surface area contributed by atoms with Crippen LogP contribution in [-0.4, -0.2) is 51.8 Å². The molecule has 32 heavy (non-hydrogen) atoms. The van der Waals surface area contributed by atoms with Crippen LogP contribution in [0.5, 0.6) is 0 Å². The highest BCUT2D eigenvalue weighted by Gasteiger charge is 2.33. The van der Waals surface area contributed by atoms with E-state index in [9.17, 15) is 4.79 Å². The lowest BCUT2D eigenvalue weighted by molar-refractivity contribution is 0.0996. The molecule has 0 saturated carbocycles. The molecule has 0 saturated heterocycles. The zero-order valence-corrected chi connectivity index (χ0v) is 19.5. The van der Waals surface area contributed by atoms with Crippen molar-refractivity contribution in [3.63, 3.8) is 0 Å². The SMILES string of the molecule is CNCc1nc(N(C)C)cc2c1CN(c1cccc(-c3nncn3[C@@H](C)C(C)C)n1)C2=O. The summed E-state index contributed by atoms with van der Waals surface area (Å²) >= 11 is 0. The van der Waals surface area contributed by atoms with E-state index in [0.29, 0.717) is 41.9 Å². The molecule has 0 radical (unpaired) electrons. The molecule has 1 aliphatic rings. The van der Waals surface area contributed by atoms with Crippen LogP contribution in [0.2, 0.25) is 0 Å². The maximum absolute atomic E-state index is 13.4. The molecule has 3 aromatic heterocycles. The van der Waals surface area contributed by atoms with Crippen molar-refractivity contribution < 1.29 is 4.79 Å². The van der Waals surface area contributed by atoms with Crippen LogP contribution in [-0.2, 0) is 13.1 Å². The first-order chi connectivity index (χ1) is 15.3. The molecule has 0 aromatic carbocycles. The van der Waals surface area contributed by atoms with Gasteiger partial charge in [-0.05, 0) is 38.1 Å². The molecule has 0 unspecified atom stereocenters. The maximum atomic E-state index is 13.4. The fourth-order valence-corrected chi connectivity index (χ4v) is 3.82. The van der Waals surface area contributed by atoms with Crippen molar-refractivity contribution in [2.75, 3.05) is 30.9 Å². The van der Waals surface area contributed by atoms with Crippen molar-refractivity contribution in [3.05, 3.63) is 47.4 Å². The summed E-state index contributed by atoms with van der Waals surface area (Å²) in [4.78, 5) is 26.5. The van der Waals surface area contributed by atoms with Crippen molar-refractivity contribution in [2.24, 2.45) is 5.92 Å². The number of pyridine rings is 2. The summed E-state index contributed by atoms with van der Waals surface area (Å²) in [5.41, 5.74) is 3.20. The van der Waals surface area contributed by atoms with Gasteiger partial charge in [-0.1, -0.05) is 19.9 Å². The molecular weight excluding hydrogens is 404 g/mol. The fraction of sp³-hybridized carbons (Fsp3) is 0.435. The van der Waals surface area contributed by atoms with E-state index >= 15 is 0 Å². The summed E-state index contributed by atoms with van der Waals surface area (Å²) in [5.74, 6) is 2.42. The zero-order valence-electron chi connectivity index (χ0n) is 19.5. The van der Waals surface area contributed by atoms with Crippen LogP contribution in [0, 0.1) is 5.92 Å². The topological polar surface area (TPSA) is 92.1 Å². The van der Waals surface area contributed by atoms with Crippen molar-refractivity contribution in [1.82, 2.24) is 30.0 Å². The minimum absolute atomic E-state index is 0.0653. The van der Waals surface area contributed by atoms with Crippen LogP contribution < -0.4 is 15.1 Å². The lowest BCUT2D eigenvalue weighted by Gasteiger charge is -2.19. The smallest absolute Gasteiger partial charge is 0.260 e. The minimum Gasteiger partial charge on any atom is -0.363 e. The van der Waals surface area contributed by atoms with Gasteiger partial charge >= 0.3 is 0 Å². The molecule has 3 aromatic rings. The van der Waals surface area contributed by atoms with Crippen LogP contribution in [0.25, 0.3) is 11.5 Å². The van der Waals surface area contributed by atoms with E-state index in [0.717, 1.165) is 17.1 Å². The number of aromatic nitrogens is 5. The number of carbonyl (C=O) groups excluding carboxylic acids is 1. The van der Waals surface area contributed by atoms with Crippen LogP contribution in [0.4, 0.5) is 11.6 Å². The highest BCUT2D eigenvalue weighted by molar-refractivity contribution is 6.10. The van der Waals surface area contributed by atoms with Crippen molar-refractivity contribution in [1.29, 1.82) is 0 Å². The van der Waals surface area contributed by atoms with Gasteiger partial charge in [0.25, 0.3) is 5.91 Å². The first kappa shape index (κ1) is 21.9. The standard InChI is InChI=1S/C23H30N8O/c1-14(2)15(3)31-13-25-28-22(31)18-8-7-9-20(26-18)30-12-17-16(23(30)32)10-21(29(5)6)27-19(17)11-24-4/h7-10,13-15,24H,11-12H2,1-6H3/t15-/m0/s1. The van der Waals surface area contributed by atoms with Gasteiger partial charge in [0.1, 0.15) is 23.7 Å². The van der Waals surface area contributed by atoms with Crippen molar-refractivity contribution in [3.8, 4) is 11.5 Å². The molecule has 1 amide bonds. The third-order valence-electron chi connectivity index (χ3n) is 6.01. The monoisotopic (exact) mass is 434 g/mol. The fourth-order valence-electron chi connectivity index (χ4n) is 3.82. The van der Waals surface area contributed by atoms with Crippen LogP contribution in [0.1, 0.15) is 48.4 Å². The second-order valence-electron chi connectivity index (χ2n) is 8.70. The summed E-state index contributed by atoms with van der Waals surface area (Å²) in [6.07, 6.45) is 1.74. The summed E-state index contributed by atoms with van der Waals surface area (Å²) in [6.45, 7) is 7.50. The Morgan fingerprint density at radius 3 is 2.66 bits per heavy atom. The summed E-state index contributed by atoms with van der Waals surface area (Å²) in [6, 6.07) is 7.76. The van der Waals surface area contributed by atoms with Gasteiger partial charge in [-0.2, -0.15) is 0 Å². The number of fused-ring (bicyclic) bond motifs is 1. The number of anilines is 2. The van der Waals surface area contributed by atoms with Crippen LogP contribution in [0.3, 0.4) is 0 Å². The third kappa shape index (κ3) is 3.84. The summed E-state index contributed by atoms with van der Waals surface area (Å²) < 4.78 is 2.04. The van der Waals surface area contributed by atoms with E-state index in [2.05, 4.69) is 36.3 Å². The minimum atomic E-state index is -0.0653. The van der Waals surface area contributed by atoms with E-state index in [1.807, 2.05) is 54.9 Å². The molecule has 0 bridgehead atoms. The average molecular weight is 435 g/mol. The Morgan fingerprint density at radius 2 is 1.97 bits per heavy atom. The van der Waals surface area contributed by atoms with E-state index in [1.54, 1.807) is 11.2 Å². The quantitative estimate of drug-likeness (QED) is 0.611. The number of hydrogen-bond donors (Lipinski definition) is 1. The van der Waals surface area contributed by atoms with E-state index < -0.39 is 0 Å². The normalized spacial score (nSPS) is 14.2. The molecule has 0 spiro atoms. The number of amides is 1. The summed E-state index contributed by atoms with van der Waals surface area (Å²) in [5, 5.41) is 11.6. The first-order valence-corrected chi connectivity index (χ1v) is 10.8. The predicted molar refractivity (Wildman–Crippen MR) is 125 cm³/mol. The lowest BCUT2D eigenvalue weighted by atomic mass is 10.1. The molecule has 9 heteroatoms. The highest BCUT2D eigenvalue weighted by Crippen LogP contribution is 2.32. The largest absolute Gasteiger partial charge is 0.363 e. The van der Waals surface area contributed by atoms with E-state index in [4.69, 9.17) is 9.97 Å². The lowest BCUT2D eigenvalue weighted by Crippen LogP contribution is -2.24. The molecule has 4 heterocycles. The third-order valence-corrected chi connectivity index (χ3v) is 6.01. The van der Waals surface area contributed by atoms with Gasteiger partial charge in [0.05, 0.1) is 17.8 Å². The van der Waals surface area contributed by atoms with Crippen LogP contribution in [0.15, 0.2) is 30.6 Å². The molecule has 0 aliphatic carbocycles. The van der Waals surface area contributed by atoms with E-state index in [1.165, 1.54) is 0 Å². The van der Waals surface area contributed by atoms with Gasteiger partial charge in [-0.15, -0.1) is 10.2 Å². The van der Waals surface area contributed by atoms with Crippen molar-refractivity contribution in [2.45, 2.75) is 39.9 Å². The average Bonchev–Trinajstić information content (AvgIpc) is 3.39. The Bertz CT molecular complexity index is 1140. The molecule has 4 rings (SSSR count). The zero-order chi connectivity index (χ0) is 23.0. The first-order valence-electron chi connectivity index (χ1n) is 10.8. The van der Waals surface area contributed by atoms with Gasteiger partial charge in [-0.25, -0.2) is 9.97 Å². The molecule has 0 fully saturated rings. The van der Waals surface area contributed by atoms with Gasteiger partial charge in [0, 0.05) is 32.2 Å². The maximum Gasteiger partial charge on any atom is 0.260 e.